The molecule has 1 saturated heterocycles. The molecule has 0 aliphatic carbocycles. The number of carbonyl (C=O) groups excluding carboxylic acids is 2. The van der Waals surface area contributed by atoms with Crippen LogP contribution in [-0.4, -0.2) is 55.5 Å². The maximum Gasteiger partial charge on any atom is 0.258 e. The van der Waals surface area contributed by atoms with Crippen LogP contribution in [0.2, 0.25) is 0 Å². The fraction of sp³-hybridized carbons (Fsp3) is 0.250. The summed E-state index contributed by atoms with van der Waals surface area (Å²) in [6.07, 6.45) is 17.4. The van der Waals surface area contributed by atoms with E-state index in [-0.39, 0.29) is 30.9 Å². The highest BCUT2D eigenvalue weighted by Gasteiger charge is 2.22. The molecule has 6 heteroatoms. The fourth-order valence-corrected chi connectivity index (χ4v) is 4.18. The Morgan fingerprint density at radius 1 is 0.947 bits per heavy atom. The molecule has 2 N–H and O–H groups in total. The molecule has 1 aliphatic rings. The number of fused-ring (bicyclic) bond motifs is 1. The Labute approximate surface area is 225 Å². The van der Waals surface area contributed by atoms with E-state index in [9.17, 15) is 9.59 Å². The van der Waals surface area contributed by atoms with Gasteiger partial charge in [0.1, 0.15) is 5.75 Å². The first-order valence-corrected chi connectivity index (χ1v) is 12.9. The summed E-state index contributed by atoms with van der Waals surface area (Å²) in [5.74, 6) is 0.385. The van der Waals surface area contributed by atoms with E-state index in [0.717, 1.165) is 29.4 Å². The van der Waals surface area contributed by atoms with Crippen LogP contribution in [-0.2, 0) is 9.59 Å². The topological polar surface area (TPSA) is 70.7 Å². The van der Waals surface area contributed by atoms with Gasteiger partial charge in [-0.25, -0.2) is 0 Å². The van der Waals surface area contributed by atoms with Crippen molar-refractivity contribution in [3.05, 3.63) is 116 Å². The number of hydrogen-bond donors (Lipinski definition) is 2. The Bertz CT molecular complexity index is 1220. The maximum atomic E-state index is 13.0. The van der Waals surface area contributed by atoms with Gasteiger partial charge in [0.05, 0.1) is 0 Å². The molecule has 0 aromatic heterocycles. The zero-order chi connectivity index (χ0) is 27.0. The zero-order valence-electron chi connectivity index (χ0n) is 21.9. The van der Waals surface area contributed by atoms with E-state index in [2.05, 4.69) is 23.8 Å². The number of nitrogens with zero attached hydrogens (tertiary/aromatic N) is 1. The molecule has 2 aromatic carbocycles. The average molecular weight is 512 g/mol. The number of allylic oxidation sites excluding steroid dienone is 9. The lowest BCUT2D eigenvalue weighted by Gasteiger charge is -2.29. The molecule has 0 bridgehead atoms. The quantitative estimate of drug-likeness (QED) is 0.376. The molecule has 1 atom stereocenters. The molecule has 198 valence electrons. The van der Waals surface area contributed by atoms with Crippen LogP contribution in [0.5, 0.6) is 5.75 Å². The third-order valence-electron chi connectivity index (χ3n) is 6.05. The summed E-state index contributed by atoms with van der Waals surface area (Å²) in [5, 5.41) is 8.44. The summed E-state index contributed by atoms with van der Waals surface area (Å²) >= 11 is 0. The predicted molar refractivity (Wildman–Crippen MR) is 156 cm³/mol. The van der Waals surface area contributed by atoms with Gasteiger partial charge in [0, 0.05) is 38.6 Å². The Morgan fingerprint density at radius 2 is 1.68 bits per heavy atom. The molecule has 6 nitrogen and oxygen atoms in total. The average Bonchev–Trinajstić information content (AvgIpc) is 2.94. The van der Waals surface area contributed by atoms with Gasteiger partial charge in [0.25, 0.3) is 5.91 Å². The molecule has 3 rings (SSSR count). The minimum atomic E-state index is -0.384. The second kappa shape index (κ2) is 15.8. The van der Waals surface area contributed by atoms with Crippen molar-refractivity contribution in [3.8, 4) is 5.75 Å². The second-order valence-electron chi connectivity index (χ2n) is 8.94. The van der Waals surface area contributed by atoms with Crippen molar-refractivity contribution in [2.75, 3.05) is 32.8 Å². The first-order valence-electron chi connectivity index (χ1n) is 12.9. The van der Waals surface area contributed by atoms with Gasteiger partial charge in [-0.2, -0.15) is 0 Å². The molecule has 0 saturated carbocycles. The molecule has 2 aromatic rings. The van der Waals surface area contributed by atoms with Crippen molar-refractivity contribution in [3.63, 3.8) is 0 Å². The van der Waals surface area contributed by atoms with E-state index in [0.29, 0.717) is 25.3 Å². The fourth-order valence-electron chi connectivity index (χ4n) is 4.18. The number of nitrogens with one attached hydrogen (secondary N) is 2. The lowest BCUT2D eigenvalue weighted by Crippen LogP contribution is -2.49. The highest BCUT2D eigenvalue weighted by atomic mass is 16.5. The van der Waals surface area contributed by atoms with E-state index >= 15 is 0 Å². The standard InChI is InChI=1S/C32H37N3O3/c1-3-5-6-7-8-9-13-26(12-4-2)22-29(24-32(37)35-20-18-33-19-21-35)34-31(36)25-38-30-17-16-27-14-10-11-15-28(27)23-30/h3-17,23,29,33H,1-2,18-22,24-25H2,(H,34,36)/b6-5-,8-7-,13-9-,26-12+/t29-/m0/s1. The van der Waals surface area contributed by atoms with E-state index < -0.39 is 0 Å². The van der Waals surface area contributed by atoms with Gasteiger partial charge >= 0.3 is 0 Å². The maximum absolute atomic E-state index is 13.0. The highest BCUT2D eigenvalue weighted by molar-refractivity contribution is 5.84. The van der Waals surface area contributed by atoms with Crippen molar-refractivity contribution < 1.29 is 14.3 Å². The number of piperazine rings is 1. The first kappa shape index (κ1) is 28.4. The molecule has 0 radical (unpaired) electrons. The van der Waals surface area contributed by atoms with Gasteiger partial charge < -0.3 is 20.3 Å². The Hall–Kier alpha value is -4.16. The van der Waals surface area contributed by atoms with Crippen LogP contribution in [0.25, 0.3) is 10.8 Å². The SMILES string of the molecule is C=C\C=C/C=C\C=C/C(=C\C=C)C[C@@H](CC(=O)N1CCNCC1)NC(=O)COc1ccc2ccccc2c1. The molecular formula is C32H37N3O3. The van der Waals surface area contributed by atoms with Crippen molar-refractivity contribution in [1.82, 2.24) is 15.5 Å². The Kier molecular flexibility index (Phi) is 11.8. The number of amides is 2. The number of ether oxygens (including phenoxy) is 1. The summed E-state index contributed by atoms with van der Waals surface area (Å²) in [6, 6.07) is 13.3. The van der Waals surface area contributed by atoms with Gasteiger partial charge in [-0.15, -0.1) is 0 Å². The predicted octanol–water partition coefficient (Wildman–Crippen LogP) is 4.88. The molecule has 1 aliphatic heterocycles. The van der Waals surface area contributed by atoms with Gasteiger partial charge in [-0.3, -0.25) is 9.59 Å². The summed E-state index contributed by atoms with van der Waals surface area (Å²) < 4.78 is 5.78. The van der Waals surface area contributed by atoms with Crippen LogP contribution in [0.4, 0.5) is 0 Å². The summed E-state index contributed by atoms with van der Waals surface area (Å²) in [4.78, 5) is 27.8. The van der Waals surface area contributed by atoms with Crippen molar-refractivity contribution in [2.45, 2.75) is 18.9 Å². The van der Waals surface area contributed by atoms with Gasteiger partial charge in [-0.05, 0) is 34.9 Å². The molecule has 1 fully saturated rings. The number of carbonyl (C=O) groups is 2. The van der Waals surface area contributed by atoms with Crippen LogP contribution in [0.1, 0.15) is 12.8 Å². The summed E-state index contributed by atoms with van der Waals surface area (Å²) in [5.41, 5.74) is 0.950. The zero-order valence-corrected chi connectivity index (χ0v) is 21.9. The summed E-state index contributed by atoms with van der Waals surface area (Å²) in [7, 11) is 0. The van der Waals surface area contributed by atoms with Crippen molar-refractivity contribution in [1.29, 1.82) is 0 Å². The van der Waals surface area contributed by atoms with Crippen LogP contribution in [0, 0.1) is 0 Å². The van der Waals surface area contributed by atoms with Crippen LogP contribution in [0.3, 0.4) is 0 Å². The van der Waals surface area contributed by atoms with Crippen LogP contribution < -0.4 is 15.4 Å². The number of rotatable bonds is 13. The van der Waals surface area contributed by atoms with Gasteiger partial charge in [-0.1, -0.05) is 98.2 Å². The molecular weight excluding hydrogens is 474 g/mol. The Morgan fingerprint density at radius 3 is 2.45 bits per heavy atom. The minimum Gasteiger partial charge on any atom is -0.484 e. The Balaban J connectivity index is 1.66. The number of hydrogen-bond acceptors (Lipinski definition) is 4. The molecule has 0 spiro atoms. The van der Waals surface area contributed by atoms with E-state index in [1.54, 1.807) is 12.2 Å². The lowest BCUT2D eigenvalue weighted by atomic mass is 10.0. The monoisotopic (exact) mass is 511 g/mol. The lowest BCUT2D eigenvalue weighted by molar-refractivity contribution is -0.132. The first-order chi connectivity index (χ1) is 18.6. The van der Waals surface area contributed by atoms with Crippen molar-refractivity contribution in [2.24, 2.45) is 0 Å². The third kappa shape index (κ3) is 9.71. The smallest absolute Gasteiger partial charge is 0.258 e. The van der Waals surface area contributed by atoms with Gasteiger partial charge in [0.15, 0.2) is 6.61 Å². The molecule has 38 heavy (non-hydrogen) atoms. The third-order valence-corrected chi connectivity index (χ3v) is 6.05. The minimum absolute atomic E-state index is 0.0311. The van der Waals surface area contributed by atoms with Crippen LogP contribution in [0.15, 0.2) is 116 Å². The number of benzene rings is 2. The van der Waals surface area contributed by atoms with E-state index in [1.807, 2.05) is 89.9 Å². The molecule has 0 unspecified atom stereocenters. The second-order valence-corrected chi connectivity index (χ2v) is 8.94. The molecule has 1 heterocycles. The summed E-state index contributed by atoms with van der Waals surface area (Å²) in [6.45, 7) is 10.2. The highest BCUT2D eigenvalue weighted by Crippen LogP contribution is 2.20. The largest absolute Gasteiger partial charge is 0.484 e. The normalized spacial score (nSPS) is 15.3. The van der Waals surface area contributed by atoms with E-state index in [1.165, 1.54) is 0 Å². The van der Waals surface area contributed by atoms with Crippen molar-refractivity contribution >= 4 is 22.6 Å². The van der Waals surface area contributed by atoms with Gasteiger partial charge in [0.2, 0.25) is 5.91 Å². The van der Waals surface area contributed by atoms with E-state index in [4.69, 9.17) is 4.74 Å². The van der Waals surface area contributed by atoms with Crippen LogP contribution >= 0.6 is 0 Å². The molecule has 2 amide bonds.